The van der Waals surface area contributed by atoms with Crippen molar-refractivity contribution >= 4 is 35.3 Å². The Hall–Kier alpha value is -1.91. The van der Waals surface area contributed by atoms with Gasteiger partial charge < -0.3 is 0 Å². The van der Waals surface area contributed by atoms with Gasteiger partial charge in [0.25, 0.3) is 5.91 Å². The number of nitrogens with one attached hydrogen (secondary N) is 1. The molecule has 0 atom stereocenters. The lowest BCUT2D eigenvalue weighted by Gasteiger charge is -2.00. The van der Waals surface area contributed by atoms with Gasteiger partial charge in [0.1, 0.15) is 0 Å². The van der Waals surface area contributed by atoms with Gasteiger partial charge >= 0.3 is 0 Å². The highest BCUT2D eigenvalue weighted by Gasteiger charge is 2.04. The number of carbonyl (C=O) groups is 1. The first-order chi connectivity index (χ1) is 9.18. The summed E-state index contributed by atoms with van der Waals surface area (Å²) in [6.45, 7) is 0. The normalized spacial score (nSPS) is 10.6. The van der Waals surface area contributed by atoms with Gasteiger partial charge in [-0.05, 0) is 18.2 Å². The Labute approximate surface area is 120 Å². The minimum absolute atomic E-state index is 0.345. The van der Waals surface area contributed by atoms with E-state index >= 15 is 0 Å². The van der Waals surface area contributed by atoms with Gasteiger partial charge in [0.15, 0.2) is 0 Å². The molecule has 96 valence electrons. The lowest BCUT2D eigenvalue weighted by Crippen LogP contribution is -2.17. The molecule has 0 aliphatic heterocycles. The molecule has 1 heterocycles. The largest absolute Gasteiger partial charge is 0.272 e. The molecule has 0 saturated heterocycles. The van der Waals surface area contributed by atoms with Gasteiger partial charge in [-0.3, -0.25) is 9.78 Å². The first-order valence-electron chi connectivity index (χ1n) is 5.36. The maximum atomic E-state index is 11.7. The van der Waals surface area contributed by atoms with Gasteiger partial charge in [-0.2, -0.15) is 5.10 Å². The van der Waals surface area contributed by atoms with Crippen LogP contribution < -0.4 is 5.43 Å². The zero-order valence-corrected chi connectivity index (χ0v) is 11.2. The third kappa shape index (κ3) is 3.53. The minimum Gasteiger partial charge on any atom is -0.267 e. The third-order valence-corrected chi connectivity index (χ3v) is 3.11. The molecule has 0 saturated carbocycles. The number of rotatable bonds is 3. The topological polar surface area (TPSA) is 54.4 Å². The van der Waals surface area contributed by atoms with Crippen molar-refractivity contribution < 1.29 is 4.79 Å². The average molecular weight is 294 g/mol. The summed E-state index contributed by atoms with van der Waals surface area (Å²) in [6.07, 6.45) is 4.48. The Morgan fingerprint density at radius 1 is 1.26 bits per heavy atom. The van der Waals surface area contributed by atoms with Crippen LogP contribution in [0, 0.1) is 0 Å². The molecule has 0 radical (unpaired) electrons. The minimum atomic E-state index is -0.345. The van der Waals surface area contributed by atoms with Gasteiger partial charge in [0.05, 0.1) is 21.8 Å². The van der Waals surface area contributed by atoms with Gasteiger partial charge in [-0.1, -0.05) is 35.3 Å². The van der Waals surface area contributed by atoms with Crippen molar-refractivity contribution in [3.8, 4) is 0 Å². The number of nitrogens with zero attached hydrogens (tertiary/aromatic N) is 2. The number of hydrazone groups is 1. The summed E-state index contributed by atoms with van der Waals surface area (Å²) < 4.78 is 0. The summed E-state index contributed by atoms with van der Waals surface area (Å²) in [4.78, 5) is 15.5. The van der Waals surface area contributed by atoms with Gasteiger partial charge in [-0.15, -0.1) is 0 Å². The highest BCUT2D eigenvalue weighted by atomic mass is 35.5. The molecule has 0 spiro atoms. The van der Waals surface area contributed by atoms with E-state index in [0.29, 0.717) is 21.2 Å². The number of hydrogen-bond donors (Lipinski definition) is 1. The smallest absolute Gasteiger partial charge is 0.267 e. The van der Waals surface area contributed by atoms with E-state index in [-0.39, 0.29) is 5.91 Å². The molecule has 4 nitrogen and oxygen atoms in total. The molecule has 1 amide bonds. The van der Waals surface area contributed by atoms with E-state index in [1.165, 1.54) is 12.4 Å². The van der Waals surface area contributed by atoms with Crippen molar-refractivity contribution in [1.82, 2.24) is 10.4 Å². The maximum absolute atomic E-state index is 11.7. The molecule has 6 heteroatoms. The molecular weight excluding hydrogens is 285 g/mol. The summed E-state index contributed by atoms with van der Waals surface area (Å²) in [5, 5.41) is 4.65. The van der Waals surface area contributed by atoms with Crippen molar-refractivity contribution in [1.29, 1.82) is 0 Å². The number of halogens is 2. The molecule has 1 N–H and O–H groups in total. The van der Waals surface area contributed by atoms with E-state index in [1.54, 1.807) is 36.5 Å². The molecule has 2 rings (SSSR count). The van der Waals surface area contributed by atoms with Gasteiger partial charge in [-0.25, -0.2) is 5.43 Å². The second kappa shape index (κ2) is 6.31. The summed E-state index contributed by atoms with van der Waals surface area (Å²) in [5.41, 5.74) is 3.44. The van der Waals surface area contributed by atoms with E-state index < -0.39 is 0 Å². The van der Waals surface area contributed by atoms with Crippen LogP contribution in [0.3, 0.4) is 0 Å². The molecule has 0 bridgehead atoms. The highest BCUT2D eigenvalue weighted by Crippen LogP contribution is 2.23. The summed E-state index contributed by atoms with van der Waals surface area (Å²) in [7, 11) is 0. The fraction of sp³-hybridized carbons (Fsp3) is 0. The first kappa shape index (κ1) is 13.5. The Kier molecular flexibility index (Phi) is 4.49. The van der Waals surface area contributed by atoms with Crippen LogP contribution in [0.15, 0.2) is 47.8 Å². The number of aromatic nitrogens is 1. The molecule has 1 aromatic carbocycles. The van der Waals surface area contributed by atoms with Crippen molar-refractivity contribution in [3.63, 3.8) is 0 Å². The quantitative estimate of drug-likeness (QED) is 0.698. The van der Waals surface area contributed by atoms with Gasteiger partial charge in [0, 0.05) is 18.0 Å². The number of hydrogen-bond acceptors (Lipinski definition) is 3. The predicted octanol–water partition coefficient (Wildman–Crippen LogP) is 3.15. The van der Waals surface area contributed by atoms with E-state index in [9.17, 15) is 4.79 Å². The summed E-state index contributed by atoms with van der Waals surface area (Å²) in [6, 6.07) is 8.48. The van der Waals surface area contributed by atoms with Crippen LogP contribution in [0.25, 0.3) is 0 Å². The zero-order chi connectivity index (χ0) is 13.7. The third-order valence-electron chi connectivity index (χ3n) is 2.27. The van der Waals surface area contributed by atoms with Crippen molar-refractivity contribution in [2.75, 3.05) is 0 Å². The second-order valence-corrected chi connectivity index (χ2v) is 4.37. The monoisotopic (exact) mass is 293 g/mol. The molecule has 0 aliphatic carbocycles. The van der Waals surface area contributed by atoms with Crippen LogP contribution in [0.2, 0.25) is 10.0 Å². The number of amides is 1. The highest BCUT2D eigenvalue weighted by molar-refractivity contribution is 6.43. The molecule has 1 aromatic heterocycles. The fourth-order valence-electron chi connectivity index (χ4n) is 1.34. The average Bonchev–Trinajstić information content (AvgIpc) is 2.44. The summed E-state index contributed by atoms with van der Waals surface area (Å²) in [5.74, 6) is -0.345. The number of benzene rings is 1. The number of carbonyl (C=O) groups excluding carboxylic acids is 1. The molecule has 0 fully saturated rings. The van der Waals surface area contributed by atoms with Crippen LogP contribution >= 0.6 is 23.2 Å². The Morgan fingerprint density at radius 3 is 2.84 bits per heavy atom. The maximum Gasteiger partial charge on any atom is 0.272 e. The van der Waals surface area contributed by atoms with Crippen LogP contribution in [-0.4, -0.2) is 17.1 Å². The van der Waals surface area contributed by atoms with Gasteiger partial charge in [0.2, 0.25) is 0 Å². The Bertz CT molecular complexity index is 615. The molecule has 2 aromatic rings. The lowest BCUT2D eigenvalue weighted by atomic mass is 10.2. The lowest BCUT2D eigenvalue weighted by molar-refractivity contribution is 0.0955. The van der Waals surface area contributed by atoms with E-state index in [2.05, 4.69) is 15.5 Å². The van der Waals surface area contributed by atoms with E-state index in [1.807, 2.05) is 0 Å². The van der Waals surface area contributed by atoms with Crippen LogP contribution in [0.1, 0.15) is 15.9 Å². The predicted molar refractivity (Wildman–Crippen MR) is 75.8 cm³/mol. The van der Waals surface area contributed by atoms with Crippen LogP contribution in [0.4, 0.5) is 0 Å². The zero-order valence-electron chi connectivity index (χ0n) is 9.68. The number of pyridine rings is 1. The van der Waals surface area contributed by atoms with Crippen LogP contribution in [-0.2, 0) is 0 Å². The molecule has 0 unspecified atom stereocenters. The standard InChI is InChI=1S/C13H9Cl2N3O/c14-11-5-1-3-9(12(11)15)8-17-18-13(19)10-4-2-6-16-7-10/h1-8H,(H,18,19). The van der Waals surface area contributed by atoms with Crippen molar-refractivity contribution in [2.45, 2.75) is 0 Å². The van der Waals surface area contributed by atoms with E-state index in [0.717, 1.165) is 0 Å². The molecular formula is C13H9Cl2N3O. The molecule has 0 aliphatic rings. The fourth-order valence-corrected chi connectivity index (χ4v) is 1.70. The van der Waals surface area contributed by atoms with Crippen LogP contribution in [0.5, 0.6) is 0 Å². The van der Waals surface area contributed by atoms with Crippen molar-refractivity contribution in [3.05, 3.63) is 63.9 Å². The Morgan fingerprint density at radius 2 is 2.11 bits per heavy atom. The SMILES string of the molecule is O=C(NN=Cc1cccc(Cl)c1Cl)c1cccnc1. The van der Waals surface area contributed by atoms with E-state index in [4.69, 9.17) is 23.2 Å². The first-order valence-corrected chi connectivity index (χ1v) is 6.11. The Balaban J connectivity index is 2.05. The molecule has 19 heavy (non-hydrogen) atoms. The second-order valence-electron chi connectivity index (χ2n) is 3.58. The summed E-state index contributed by atoms with van der Waals surface area (Å²) >= 11 is 11.8. The van der Waals surface area contributed by atoms with Crippen molar-refractivity contribution in [2.24, 2.45) is 5.10 Å².